The molecule has 0 aromatic carbocycles. The molecule has 0 saturated carbocycles. The Morgan fingerprint density at radius 2 is 1.72 bits per heavy atom. The number of piperidine rings is 1. The second-order valence-corrected chi connectivity index (χ2v) is 8.50. The SMILES string of the molecule is [2H]C(C)(NC(=O)C[15N]1C(C)CCCC1C)C(=O)[15NH]C(C)C(=O)NCCCC(=O)CI. The Balaban J connectivity index is 2.47. The first-order valence-electron chi connectivity index (χ1n) is 10.7. The van der Waals surface area contributed by atoms with Gasteiger partial charge in [-0.1, -0.05) is 29.0 Å². The van der Waals surface area contributed by atoms with Gasteiger partial charge in [0, 0.05) is 25.0 Å². The number of nitrogens with one attached hydrogen (secondary N) is 3. The van der Waals surface area contributed by atoms with Crippen LogP contribution < -0.4 is 16.0 Å². The maximum atomic E-state index is 12.4. The van der Waals surface area contributed by atoms with Crippen molar-refractivity contribution in [3.05, 3.63) is 0 Å². The number of alkyl halides is 1. The maximum absolute atomic E-state index is 12.4. The van der Waals surface area contributed by atoms with Crippen molar-refractivity contribution >= 4 is 46.1 Å². The number of nitrogens with zero attached hydrogens (tertiary/aromatic N) is 1. The minimum Gasteiger partial charge on any atom is -0.354 e. The number of rotatable bonds is 11. The molecule has 166 valence electrons. The molecule has 3 amide bonds. The molecule has 1 rings (SSSR count). The number of carbonyl (C=O) groups excluding carboxylic acids is 4. The van der Waals surface area contributed by atoms with Gasteiger partial charge >= 0.3 is 0 Å². The van der Waals surface area contributed by atoms with Gasteiger partial charge in [0.15, 0.2) is 0 Å². The molecule has 0 radical (unpaired) electrons. The molecule has 1 fully saturated rings. The van der Waals surface area contributed by atoms with E-state index in [2.05, 4.69) is 34.7 Å². The van der Waals surface area contributed by atoms with E-state index in [1.807, 2.05) is 22.6 Å². The van der Waals surface area contributed by atoms with Crippen molar-refractivity contribution in [1.82, 2.24) is 20.9 Å². The van der Waals surface area contributed by atoms with E-state index in [0.29, 0.717) is 23.8 Å². The van der Waals surface area contributed by atoms with Gasteiger partial charge in [0.1, 0.15) is 17.8 Å². The van der Waals surface area contributed by atoms with E-state index in [0.717, 1.165) is 19.3 Å². The third-order valence-electron chi connectivity index (χ3n) is 5.19. The second kappa shape index (κ2) is 13.1. The molecule has 0 spiro atoms. The smallest absolute Gasteiger partial charge is 0.242 e. The van der Waals surface area contributed by atoms with Crippen LogP contribution in [0.1, 0.15) is 61.2 Å². The third-order valence-corrected chi connectivity index (χ3v) is 6.04. The zero-order valence-corrected chi connectivity index (χ0v) is 20.0. The molecule has 29 heavy (non-hydrogen) atoms. The van der Waals surface area contributed by atoms with Gasteiger partial charge in [0.2, 0.25) is 17.7 Å². The largest absolute Gasteiger partial charge is 0.354 e. The Morgan fingerprint density at radius 3 is 2.31 bits per heavy atom. The highest BCUT2D eigenvalue weighted by molar-refractivity contribution is 14.1. The number of hydrogen-bond acceptors (Lipinski definition) is 5. The summed E-state index contributed by atoms with van der Waals surface area (Å²) in [6.45, 7) is 7.43. The number of amides is 3. The lowest BCUT2D eigenvalue weighted by Gasteiger charge is -2.38. The van der Waals surface area contributed by atoms with Gasteiger partial charge in [-0.05, 0) is 47.0 Å². The Bertz CT molecular complexity index is 622. The average Bonchev–Trinajstić information content (AvgIpc) is 2.67. The van der Waals surface area contributed by atoms with Gasteiger partial charge in [-0.3, -0.25) is 24.1 Å². The number of Topliss-reactive ketones (excluding diaryl/α,β-unsaturated/α-hetero) is 1. The molecule has 1 saturated heterocycles. The standard InChI is InChI=1S/C20H35IN4O4/c1-13-7-5-8-14(2)25(13)12-18(27)23-16(4)20(29)24-15(3)19(28)22-10-6-9-17(26)11-21/h13-16H,5-12H2,1-4H3,(H,22,28)(H,23,27)(H,24,29)/i16D,24+1,25+1. The summed E-state index contributed by atoms with van der Waals surface area (Å²) in [5, 5.41) is 7.60. The molecule has 1 heterocycles. The molecule has 0 aliphatic carbocycles. The highest BCUT2D eigenvalue weighted by Gasteiger charge is 2.27. The minimum atomic E-state index is -1.89. The van der Waals surface area contributed by atoms with E-state index in [1.165, 1.54) is 13.8 Å². The van der Waals surface area contributed by atoms with Gasteiger partial charge in [-0.15, -0.1) is 0 Å². The first-order valence-corrected chi connectivity index (χ1v) is 11.7. The monoisotopic (exact) mass is 525 g/mol. The van der Waals surface area contributed by atoms with Gasteiger partial charge < -0.3 is 16.0 Å². The van der Waals surface area contributed by atoms with E-state index >= 15 is 0 Å². The molecular formula is C20H35IN4O4. The Kier molecular flexibility index (Phi) is 10.9. The van der Waals surface area contributed by atoms with Crippen molar-refractivity contribution in [1.29, 1.82) is 0 Å². The van der Waals surface area contributed by atoms with Crippen molar-refractivity contribution in [3.8, 4) is 0 Å². The van der Waals surface area contributed by atoms with E-state index in [9.17, 15) is 19.2 Å². The Labute approximate surface area is 188 Å². The predicted octanol–water partition coefficient (Wildman–Crippen LogP) is 1.16. The van der Waals surface area contributed by atoms with Crippen LogP contribution in [-0.4, -0.2) is 70.1 Å². The summed E-state index contributed by atoms with van der Waals surface area (Å²) < 4.78 is 8.66. The van der Waals surface area contributed by atoms with Gasteiger partial charge in [-0.25, -0.2) is 0 Å². The lowest BCUT2D eigenvalue weighted by Crippen LogP contribution is -2.54. The van der Waals surface area contributed by atoms with Crippen molar-refractivity contribution in [2.75, 3.05) is 17.5 Å². The summed E-state index contributed by atoms with van der Waals surface area (Å²) in [6.07, 6.45) is 4.11. The van der Waals surface area contributed by atoms with Crippen LogP contribution in [0.25, 0.3) is 0 Å². The summed E-state index contributed by atoms with van der Waals surface area (Å²) in [7, 11) is 0. The van der Waals surface area contributed by atoms with Crippen LogP contribution in [0, 0.1) is 0 Å². The zero-order valence-electron chi connectivity index (χ0n) is 18.8. The summed E-state index contributed by atoms with van der Waals surface area (Å²) in [5.41, 5.74) is 0. The average molecular weight is 525 g/mol. The number of halogens is 1. The fourth-order valence-corrected chi connectivity index (χ4v) is 3.73. The van der Waals surface area contributed by atoms with E-state index in [-0.39, 0.29) is 30.3 Å². The normalized spacial score (nSPS) is 23.3. The number of likely N-dealkylation sites (tertiary alicyclic amines) is 1. The first kappa shape index (κ1) is 24.0. The molecule has 1 aliphatic heterocycles. The van der Waals surface area contributed by atoms with Crippen molar-refractivity contribution in [2.24, 2.45) is 0 Å². The molecule has 3 N–H and O–H groups in total. The van der Waals surface area contributed by atoms with Crippen LogP contribution in [0.2, 0.25) is 0 Å². The van der Waals surface area contributed by atoms with Crippen LogP contribution in [0.4, 0.5) is 0 Å². The topological polar surface area (TPSA) is 108 Å². The summed E-state index contributed by atoms with van der Waals surface area (Å²) in [5.74, 6) is -1.41. The number of carbonyl (C=O) groups is 4. The molecule has 4 unspecified atom stereocenters. The highest BCUT2D eigenvalue weighted by Crippen LogP contribution is 2.21. The van der Waals surface area contributed by atoms with Gasteiger partial charge in [-0.2, -0.15) is 0 Å². The summed E-state index contributed by atoms with van der Waals surface area (Å²) in [4.78, 5) is 50.3. The Morgan fingerprint density at radius 1 is 1.10 bits per heavy atom. The molecule has 0 aromatic heterocycles. The van der Waals surface area contributed by atoms with Gasteiger partial charge in [0.25, 0.3) is 0 Å². The van der Waals surface area contributed by atoms with E-state index in [4.69, 9.17) is 1.37 Å². The van der Waals surface area contributed by atoms with Crippen LogP contribution >= 0.6 is 22.6 Å². The first-order chi connectivity index (χ1) is 14.0. The molecule has 1 aliphatic rings. The highest BCUT2D eigenvalue weighted by atomic mass is 127. The van der Waals surface area contributed by atoms with Crippen molar-refractivity contribution in [2.45, 2.75) is 83.9 Å². The molecular weight excluding hydrogens is 489 g/mol. The maximum Gasteiger partial charge on any atom is 0.242 e. The molecule has 4 atom stereocenters. The van der Waals surface area contributed by atoms with E-state index < -0.39 is 23.9 Å². The number of hydrogen-bond donors (Lipinski definition) is 3. The lowest BCUT2D eigenvalue weighted by atomic mass is 10.0. The number of ketones is 1. The third kappa shape index (κ3) is 9.41. The molecule has 9 heteroatoms. The van der Waals surface area contributed by atoms with Crippen LogP contribution in [0.15, 0.2) is 0 Å². The molecule has 8 nitrogen and oxygen atoms in total. The van der Waals surface area contributed by atoms with Crippen molar-refractivity contribution in [3.63, 3.8) is 0 Å². The Hall–Kier alpha value is -1.23. The van der Waals surface area contributed by atoms with Crippen molar-refractivity contribution < 1.29 is 20.5 Å². The van der Waals surface area contributed by atoms with E-state index in [1.54, 1.807) is 0 Å². The summed E-state index contributed by atoms with van der Waals surface area (Å²) >= 11 is 2.00. The zero-order chi connectivity index (χ0) is 22.9. The molecule has 0 aromatic rings. The van der Waals surface area contributed by atoms with Crippen LogP contribution in [0.5, 0.6) is 0 Å². The predicted molar refractivity (Wildman–Crippen MR) is 121 cm³/mol. The second-order valence-electron chi connectivity index (χ2n) is 7.74. The van der Waals surface area contributed by atoms with Gasteiger partial charge in [0.05, 0.1) is 12.3 Å². The van der Waals surface area contributed by atoms with Crippen LogP contribution in [0.3, 0.4) is 0 Å². The fraction of sp³-hybridized carbons (Fsp3) is 0.800. The summed E-state index contributed by atoms with van der Waals surface area (Å²) in [6, 6.07) is -2.19. The fourth-order valence-electron chi connectivity index (χ4n) is 3.35. The van der Waals surface area contributed by atoms with Crippen LogP contribution in [-0.2, 0) is 19.2 Å². The quantitative estimate of drug-likeness (QED) is 0.163. The minimum absolute atomic E-state index is 0.125. The lowest BCUT2D eigenvalue weighted by molar-refractivity contribution is -0.132. The molecule has 0 bridgehead atoms.